The zero-order chi connectivity index (χ0) is 45.5. The average molecular weight is 948 g/mol. The van der Waals surface area contributed by atoms with Gasteiger partial charge in [0.25, 0.3) is 0 Å². The fourth-order valence-electron chi connectivity index (χ4n) is 7.12. The molecule has 6 rings (SSSR count). The maximum atomic E-state index is 14.3. The summed E-state index contributed by atoms with van der Waals surface area (Å²) in [6.07, 6.45) is -5.28. The Kier molecular flexibility index (Phi) is 15.0. The molecule has 0 radical (unpaired) electrons. The molecule has 0 aliphatic carbocycles. The molecule has 10 atom stereocenters. The number of aromatic nitrogens is 6. The maximum absolute atomic E-state index is 14.3. The number of benzene rings is 2. The van der Waals surface area contributed by atoms with Crippen molar-refractivity contribution < 1.29 is 75.4 Å². The number of carbonyl (C=O) groups is 6. The fourth-order valence-corrected chi connectivity index (χ4v) is 10.1. The van der Waals surface area contributed by atoms with Gasteiger partial charge in [0, 0.05) is 0 Å². The van der Waals surface area contributed by atoms with Gasteiger partial charge in [0.15, 0.2) is 0 Å². The summed E-state index contributed by atoms with van der Waals surface area (Å²) in [5.41, 5.74) is 1.04. The van der Waals surface area contributed by atoms with E-state index in [-0.39, 0.29) is 11.4 Å². The van der Waals surface area contributed by atoms with E-state index in [2.05, 4.69) is 20.6 Å². The molecule has 0 spiro atoms. The van der Waals surface area contributed by atoms with Crippen LogP contribution in [0.2, 0.25) is 0 Å². The van der Waals surface area contributed by atoms with E-state index in [1.54, 1.807) is 12.1 Å². The fraction of sp³-hybridized carbons (Fsp3) is 0.450. The van der Waals surface area contributed by atoms with E-state index in [0.717, 1.165) is 41.5 Å². The number of hydrogen-bond acceptors (Lipinski definition) is 18. The number of rotatable bonds is 14. The van der Waals surface area contributed by atoms with Gasteiger partial charge in [0.1, 0.15) is 0 Å². The van der Waals surface area contributed by atoms with Gasteiger partial charge in [-0.15, -0.1) is 0 Å². The molecular weight excluding hydrogens is 905 g/mol. The predicted molar refractivity (Wildman–Crippen MR) is 207 cm³/mol. The summed E-state index contributed by atoms with van der Waals surface area (Å²) >= 11 is -1.21. The second-order valence-corrected chi connectivity index (χ2v) is 16.8. The molecule has 0 bridgehead atoms. The molecule has 4 aromatic rings. The van der Waals surface area contributed by atoms with Crippen LogP contribution in [0.25, 0.3) is 22.5 Å². The van der Waals surface area contributed by atoms with E-state index in [4.69, 9.17) is 37.9 Å². The van der Waals surface area contributed by atoms with Gasteiger partial charge in [-0.1, -0.05) is 0 Å². The first-order valence-electron chi connectivity index (χ1n) is 19.2. The molecule has 2 fully saturated rings. The molecule has 1 unspecified atom stereocenters. The zero-order valence-electron chi connectivity index (χ0n) is 34.5. The standard InChI is InChI=1S/C40H42F2N6O14Se/c1-19(49)55-17-31-35(57-21(3)51)33(47-15-29(43-45-47)25-9-7-11-27(41)13-25)37(59-23(5)53)39(61-31)63-40-38(60-24(6)54)34(36(58-22(4)52)32(62-40)18-56-20(2)50)48-16-30(44-46-48)26-10-8-12-28(42)14-26/h7-16,31-40H,17-18H2,1-6H3/t31-,32?,33+,34+,35+,36+,37-,38-,39+,40+/m1/s1. The molecule has 4 heterocycles. The van der Waals surface area contributed by atoms with Crippen molar-refractivity contribution in [3.05, 3.63) is 72.6 Å². The van der Waals surface area contributed by atoms with Crippen molar-refractivity contribution in [2.45, 2.75) is 100 Å². The Labute approximate surface area is 363 Å². The third-order valence-electron chi connectivity index (χ3n) is 9.48. The number of hydrogen-bond donors (Lipinski definition) is 0. The van der Waals surface area contributed by atoms with Crippen LogP contribution in [-0.4, -0.2) is 141 Å². The normalized spacial score (nSPS) is 25.6. The van der Waals surface area contributed by atoms with Crippen LogP contribution >= 0.6 is 0 Å². The van der Waals surface area contributed by atoms with Gasteiger partial charge in [0.2, 0.25) is 0 Å². The monoisotopic (exact) mass is 948 g/mol. The molecule has 336 valence electrons. The summed E-state index contributed by atoms with van der Waals surface area (Å²) in [6, 6.07) is 8.49. The van der Waals surface area contributed by atoms with Crippen molar-refractivity contribution in [2.24, 2.45) is 0 Å². The SMILES string of the molecule is CC(=O)OCC1O[C@@H]([Se][C@@H]2O[C@H](COC(C)=O)[C@H](OC(C)=O)[C@H](n3cc(-c4cccc(F)c4)nn3)[C@H]2OC(C)=O)[C@H](OC(C)=O)[C@@H](n2cc(-c3cccc(F)c3)nn2)[C@H]1OC(C)=O. The Morgan fingerprint density at radius 3 is 1.27 bits per heavy atom. The summed E-state index contributed by atoms with van der Waals surface area (Å²) in [5, 5.41) is 14.4. The van der Waals surface area contributed by atoms with Crippen molar-refractivity contribution in [1.29, 1.82) is 0 Å². The van der Waals surface area contributed by atoms with Gasteiger partial charge in [-0.3, -0.25) is 0 Å². The second-order valence-electron chi connectivity index (χ2n) is 14.3. The molecule has 63 heavy (non-hydrogen) atoms. The quantitative estimate of drug-likeness (QED) is 0.100. The number of ether oxygens (including phenoxy) is 8. The molecular formula is C40H42F2N6O14Se. The number of halogens is 2. The van der Waals surface area contributed by atoms with Gasteiger partial charge in [-0.25, -0.2) is 0 Å². The average Bonchev–Trinajstić information content (AvgIpc) is 3.89. The number of esters is 6. The van der Waals surface area contributed by atoms with Crippen LogP contribution < -0.4 is 0 Å². The minimum atomic E-state index is -1.41. The Bertz CT molecular complexity index is 2170. The summed E-state index contributed by atoms with van der Waals surface area (Å²) in [5.74, 6) is -5.73. The van der Waals surface area contributed by atoms with Crippen molar-refractivity contribution >= 4 is 50.8 Å². The van der Waals surface area contributed by atoms with Crippen molar-refractivity contribution in [3.63, 3.8) is 0 Å². The first-order chi connectivity index (χ1) is 30.0. The van der Waals surface area contributed by atoms with Crippen molar-refractivity contribution in [3.8, 4) is 22.5 Å². The second kappa shape index (κ2) is 20.4. The van der Waals surface area contributed by atoms with E-state index >= 15 is 0 Å². The van der Waals surface area contributed by atoms with E-state index in [1.165, 1.54) is 58.2 Å². The summed E-state index contributed by atoms with van der Waals surface area (Å²) in [4.78, 5) is 75.7. The van der Waals surface area contributed by atoms with Crippen LogP contribution in [0.15, 0.2) is 60.9 Å². The minimum absolute atomic E-state index is 0.186. The van der Waals surface area contributed by atoms with E-state index in [0.29, 0.717) is 11.1 Å². The van der Waals surface area contributed by atoms with Crippen LogP contribution in [0.1, 0.15) is 53.6 Å². The van der Waals surface area contributed by atoms with Crippen LogP contribution in [0, 0.1) is 11.6 Å². The Morgan fingerprint density at radius 2 is 0.937 bits per heavy atom. The summed E-state index contributed by atoms with van der Waals surface area (Å²) in [7, 11) is 0. The van der Waals surface area contributed by atoms with Gasteiger partial charge < -0.3 is 0 Å². The van der Waals surface area contributed by atoms with Crippen molar-refractivity contribution in [2.75, 3.05) is 13.2 Å². The summed E-state index contributed by atoms with van der Waals surface area (Å²) in [6.45, 7) is 5.84. The molecule has 0 N–H and O–H groups in total. The van der Waals surface area contributed by atoms with E-state index < -0.39 is 134 Å². The van der Waals surface area contributed by atoms with Gasteiger partial charge in [0.05, 0.1) is 0 Å². The van der Waals surface area contributed by atoms with Crippen LogP contribution in [0.5, 0.6) is 0 Å². The number of carbonyl (C=O) groups excluding carboxylic acids is 6. The van der Waals surface area contributed by atoms with Gasteiger partial charge >= 0.3 is 365 Å². The van der Waals surface area contributed by atoms with Gasteiger partial charge in [-0.2, -0.15) is 0 Å². The van der Waals surface area contributed by atoms with Gasteiger partial charge in [-0.05, 0) is 0 Å². The molecule has 20 nitrogen and oxygen atoms in total. The first-order valence-corrected chi connectivity index (χ1v) is 21.2. The van der Waals surface area contributed by atoms with E-state index in [9.17, 15) is 37.5 Å². The Balaban J connectivity index is 1.49. The Hall–Kier alpha value is -6.16. The first kappa shape index (κ1) is 46.3. The topological polar surface area (TPSA) is 238 Å². The molecule has 23 heteroatoms. The number of nitrogens with zero attached hydrogens (tertiary/aromatic N) is 6. The molecule has 2 aromatic heterocycles. The van der Waals surface area contributed by atoms with Crippen molar-refractivity contribution in [1.82, 2.24) is 30.0 Å². The zero-order valence-corrected chi connectivity index (χ0v) is 36.2. The Morgan fingerprint density at radius 1 is 0.571 bits per heavy atom. The van der Waals surface area contributed by atoms with Crippen LogP contribution in [0.3, 0.4) is 0 Å². The third-order valence-corrected chi connectivity index (χ3v) is 12.2. The predicted octanol–water partition coefficient (Wildman–Crippen LogP) is 2.27. The van der Waals surface area contributed by atoms with Crippen LogP contribution in [0.4, 0.5) is 8.78 Å². The summed E-state index contributed by atoms with van der Waals surface area (Å²) < 4.78 is 78.4. The van der Waals surface area contributed by atoms with E-state index in [1.807, 2.05) is 0 Å². The molecule has 2 aromatic carbocycles. The molecule has 2 aliphatic rings. The molecule has 0 amide bonds. The molecule has 2 saturated heterocycles. The molecule has 0 saturated carbocycles. The third kappa shape index (κ3) is 11.7. The molecule has 2 aliphatic heterocycles. The van der Waals surface area contributed by atoms with Crippen LogP contribution in [-0.2, 0) is 66.7 Å².